The van der Waals surface area contributed by atoms with Gasteiger partial charge in [-0.25, -0.2) is 4.98 Å². The Bertz CT molecular complexity index is 688. The fourth-order valence-electron chi connectivity index (χ4n) is 4.12. The summed E-state index contributed by atoms with van der Waals surface area (Å²) in [6.45, 7) is 6.32. The predicted octanol–water partition coefficient (Wildman–Crippen LogP) is 6.37. The molecule has 0 saturated carbocycles. The first-order chi connectivity index (χ1) is 13.9. The van der Waals surface area contributed by atoms with E-state index < -0.39 is 0 Å². The first-order valence-electron chi connectivity index (χ1n) is 11.2. The highest BCUT2D eigenvalue weighted by Crippen LogP contribution is 2.25. The molecule has 4 nitrogen and oxygen atoms in total. The zero-order valence-electron chi connectivity index (χ0n) is 18.3. The van der Waals surface area contributed by atoms with Crippen molar-refractivity contribution in [1.82, 2.24) is 14.5 Å². The largest absolute Gasteiger partial charge is 0.358 e. The summed E-state index contributed by atoms with van der Waals surface area (Å²) < 4.78 is 2.17. The number of hydrogen-bond donors (Lipinski definition) is 0. The molecular formula is C24H38Cl2N4. The molecule has 0 N–H and O–H groups in total. The third kappa shape index (κ3) is 8.31. The lowest BCUT2D eigenvalue weighted by Crippen LogP contribution is -2.34. The molecule has 0 bridgehead atoms. The molecule has 168 valence electrons. The van der Waals surface area contributed by atoms with E-state index in [-0.39, 0.29) is 24.8 Å². The number of rotatable bonds is 13. The summed E-state index contributed by atoms with van der Waals surface area (Å²) in [6.07, 6.45) is 16.8. The van der Waals surface area contributed by atoms with Crippen molar-refractivity contribution in [2.75, 3.05) is 19.6 Å². The summed E-state index contributed by atoms with van der Waals surface area (Å²) in [4.78, 5) is 11.7. The van der Waals surface area contributed by atoms with E-state index in [0.29, 0.717) is 5.92 Å². The Morgan fingerprint density at radius 1 is 0.933 bits per heavy atom. The van der Waals surface area contributed by atoms with Gasteiger partial charge in [0.15, 0.2) is 0 Å². The van der Waals surface area contributed by atoms with E-state index in [1.165, 1.54) is 62.8 Å². The molecule has 0 saturated heterocycles. The summed E-state index contributed by atoms with van der Waals surface area (Å²) in [7, 11) is 0. The van der Waals surface area contributed by atoms with Crippen LogP contribution in [0.2, 0.25) is 0 Å². The zero-order chi connectivity index (χ0) is 19.4. The SMILES string of the molecule is CCCCCCCCCCN1CCN=C1C(Cn1ccnc1)c1ccccc1.Cl.Cl. The Morgan fingerprint density at radius 2 is 1.63 bits per heavy atom. The molecule has 30 heavy (non-hydrogen) atoms. The lowest BCUT2D eigenvalue weighted by molar-refractivity contribution is 0.414. The normalized spacial score (nSPS) is 14.0. The maximum Gasteiger partial charge on any atom is 0.108 e. The number of unbranched alkanes of at least 4 members (excludes halogenated alkanes) is 7. The van der Waals surface area contributed by atoms with Crippen LogP contribution >= 0.6 is 24.8 Å². The second-order valence-corrected chi connectivity index (χ2v) is 7.92. The second kappa shape index (κ2) is 15.3. The Labute approximate surface area is 195 Å². The van der Waals surface area contributed by atoms with Crippen LogP contribution in [0.5, 0.6) is 0 Å². The summed E-state index contributed by atoms with van der Waals surface area (Å²) in [5, 5.41) is 0. The van der Waals surface area contributed by atoms with Crippen LogP contribution in [0, 0.1) is 0 Å². The zero-order valence-corrected chi connectivity index (χ0v) is 19.9. The quantitative estimate of drug-likeness (QED) is 0.331. The highest BCUT2D eigenvalue weighted by atomic mass is 35.5. The smallest absolute Gasteiger partial charge is 0.108 e. The van der Waals surface area contributed by atoms with Crippen LogP contribution in [-0.2, 0) is 6.54 Å². The third-order valence-corrected chi connectivity index (χ3v) is 5.72. The van der Waals surface area contributed by atoms with Crippen molar-refractivity contribution in [3.05, 3.63) is 54.6 Å². The van der Waals surface area contributed by atoms with E-state index in [4.69, 9.17) is 4.99 Å². The monoisotopic (exact) mass is 452 g/mol. The van der Waals surface area contributed by atoms with E-state index in [1.807, 2.05) is 18.7 Å². The van der Waals surface area contributed by atoms with Crippen LogP contribution in [0.25, 0.3) is 0 Å². The molecule has 0 spiro atoms. The molecule has 0 aliphatic carbocycles. The number of aromatic nitrogens is 2. The molecule has 1 atom stereocenters. The van der Waals surface area contributed by atoms with Crippen LogP contribution in [0.4, 0.5) is 0 Å². The van der Waals surface area contributed by atoms with Gasteiger partial charge < -0.3 is 9.47 Å². The van der Waals surface area contributed by atoms with Crippen molar-refractivity contribution in [3.63, 3.8) is 0 Å². The fraction of sp³-hybridized carbons (Fsp3) is 0.583. The second-order valence-electron chi connectivity index (χ2n) is 7.92. The summed E-state index contributed by atoms with van der Waals surface area (Å²) in [6, 6.07) is 10.8. The Balaban J connectivity index is 0.00000225. The molecule has 1 aliphatic rings. The molecule has 1 aromatic carbocycles. The number of hydrogen-bond acceptors (Lipinski definition) is 3. The first kappa shape index (κ1) is 26.5. The summed E-state index contributed by atoms with van der Waals surface area (Å²) in [5.74, 6) is 1.56. The van der Waals surface area contributed by atoms with Crippen LogP contribution < -0.4 is 0 Å². The van der Waals surface area contributed by atoms with Crippen LogP contribution in [0.15, 0.2) is 54.0 Å². The Kier molecular flexibility index (Phi) is 13.5. The van der Waals surface area contributed by atoms with Crippen molar-refractivity contribution < 1.29 is 0 Å². The Morgan fingerprint density at radius 3 is 2.30 bits per heavy atom. The Hall–Kier alpha value is -1.52. The van der Waals surface area contributed by atoms with E-state index in [0.717, 1.165) is 26.2 Å². The third-order valence-electron chi connectivity index (χ3n) is 5.72. The molecule has 0 fully saturated rings. The highest BCUT2D eigenvalue weighted by Gasteiger charge is 2.26. The fourth-order valence-corrected chi connectivity index (χ4v) is 4.12. The molecule has 1 aromatic heterocycles. The maximum absolute atomic E-state index is 4.93. The molecule has 1 aliphatic heterocycles. The van der Waals surface area contributed by atoms with Gasteiger partial charge in [0.25, 0.3) is 0 Å². The lowest BCUT2D eigenvalue weighted by atomic mass is 9.96. The molecule has 2 heterocycles. The average Bonchev–Trinajstić information content (AvgIpc) is 3.41. The maximum atomic E-state index is 4.93. The number of benzene rings is 1. The van der Waals surface area contributed by atoms with Gasteiger partial charge >= 0.3 is 0 Å². The molecule has 2 aromatic rings. The van der Waals surface area contributed by atoms with Gasteiger partial charge in [-0.15, -0.1) is 24.8 Å². The van der Waals surface area contributed by atoms with Gasteiger partial charge in [-0.3, -0.25) is 4.99 Å². The standard InChI is InChI=1S/C24H36N4.2ClH/c1-2-3-4-5-6-7-8-12-17-28-19-16-26-24(28)23(20-27-18-15-25-21-27)22-13-10-9-11-14-22;;/h9-11,13-15,18,21,23H,2-8,12,16-17,19-20H2,1H3;2*1H. The van der Waals surface area contributed by atoms with E-state index in [1.54, 1.807) is 0 Å². The van der Waals surface area contributed by atoms with Gasteiger partial charge in [0, 0.05) is 32.0 Å². The molecule has 1 unspecified atom stereocenters. The molecule has 0 radical (unpaired) electrons. The van der Waals surface area contributed by atoms with Crippen LogP contribution in [0.1, 0.15) is 69.8 Å². The van der Waals surface area contributed by atoms with E-state index in [2.05, 4.69) is 51.7 Å². The van der Waals surface area contributed by atoms with Crippen molar-refractivity contribution in [1.29, 1.82) is 0 Å². The summed E-state index contributed by atoms with van der Waals surface area (Å²) in [5.41, 5.74) is 1.35. The topological polar surface area (TPSA) is 33.4 Å². The van der Waals surface area contributed by atoms with Crippen LogP contribution in [0.3, 0.4) is 0 Å². The van der Waals surface area contributed by atoms with Gasteiger partial charge in [0.05, 0.1) is 18.8 Å². The van der Waals surface area contributed by atoms with Crippen molar-refractivity contribution in [2.45, 2.75) is 70.8 Å². The van der Waals surface area contributed by atoms with Gasteiger partial charge in [-0.05, 0) is 12.0 Å². The number of amidine groups is 1. The molecular weight excluding hydrogens is 415 g/mol. The summed E-state index contributed by atoms with van der Waals surface area (Å²) >= 11 is 0. The van der Waals surface area contributed by atoms with E-state index >= 15 is 0 Å². The van der Waals surface area contributed by atoms with Gasteiger partial charge in [0.1, 0.15) is 5.84 Å². The number of imidazole rings is 1. The average molecular weight is 454 g/mol. The predicted molar refractivity (Wildman–Crippen MR) is 132 cm³/mol. The minimum atomic E-state index is 0. The highest BCUT2D eigenvalue weighted by molar-refractivity contribution is 5.90. The molecule has 6 heteroatoms. The number of nitrogens with zero attached hydrogens (tertiary/aromatic N) is 4. The van der Waals surface area contributed by atoms with Crippen molar-refractivity contribution >= 4 is 30.6 Å². The first-order valence-corrected chi connectivity index (χ1v) is 11.2. The van der Waals surface area contributed by atoms with Gasteiger partial charge in [-0.1, -0.05) is 82.2 Å². The minimum Gasteiger partial charge on any atom is -0.358 e. The van der Waals surface area contributed by atoms with Crippen molar-refractivity contribution in [3.8, 4) is 0 Å². The number of aliphatic imine (C=N–C) groups is 1. The van der Waals surface area contributed by atoms with Gasteiger partial charge in [0.2, 0.25) is 0 Å². The number of halogens is 2. The van der Waals surface area contributed by atoms with Gasteiger partial charge in [-0.2, -0.15) is 0 Å². The molecule has 3 rings (SSSR count). The minimum absolute atomic E-state index is 0. The van der Waals surface area contributed by atoms with Crippen LogP contribution in [-0.4, -0.2) is 39.9 Å². The van der Waals surface area contributed by atoms with Crippen molar-refractivity contribution in [2.24, 2.45) is 4.99 Å². The van der Waals surface area contributed by atoms with E-state index in [9.17, 15) is 0 Å². The molecule has 0 amide bonds. The lowest BCUT2D eigenvalue weighted by Gasteiger charge is -2.27.